The average molecular weight is 375 g/mol. The van der Waals surface area contributed by atoms with Crippen molar-refractivity contribution in [3.8, 4) is 11.1 Å². The molecule has 0 amide bonds. The Balaban J connectivity index is 0.00000110. The summed E-state index contributed by atoms with van der Waals surface area (Å²) in [6, 6.07) is 16.3. The van der Waals surface area contributed by atoms with Crippen LogP contribution in [0.25, 0.3) is 11.1 Å². The van der Waals surface area contributed by atoms with Crippen molar-refractivity contribution in [1.82, 2.24) is 4.90 Å². The smallest absolute Gasteiger partial charge is 0.0394 e. The minimum atomic E-state index is 0. The van der Waals surface area contributed by atoms with Gasteiger partial charge in [-0.3, -0.25) is 4.90 Å². The SMILES string of the molecule is CN1CCc2cccc3c2C1Cc1ccccc1-3.[Ce]. The number of benzene rings is 2. The molecule has 2 heteroatoms. The number of rotatable bonds is 0. The quantitative estimate of drug-likeness (QED) is 0.682. The maximum atomic E-state index is 2.52. The van der Waals surface area contributed by atoms with E-state index in [1.807, 2.05) is 0 Å². The maximum Gasteiger partial charge on any atom is 0.0394 e. The summed E-state index contributed by atoms with van der Waals surface area (Å²) in [6.07, 6.45) is 2.36. The molecule has 0 N–H and O–H groups in total. The van der Waals surface area contributed by atoms with E-state index in [-0.39, 0.29) is 41.7 Å². The Hall–Kier alpha value is -0.223. The topological polar surface area (TPSA) is 3.24 Å². The molecule has 4 rings (SSSR count). The first kappa shape index (κ1) is 13.7. The molecule has 2 aromatic carbocycles. The van der Waals surface area contributed by atoms with Gasteiger partial charge in [0.15, 0.2) is 0 Å². The van der Waals surface area contributed by atoms with Gasteiger partial charge in [-0.15, -0.1) is 0 Å². The van der Waals surface area contributed by atoms with Crippen LogP contribution in [-0.2, 0) is 12.8 Å². The zero-order valence-corrected chi connectivity index (χ0v) is 14.3. The Morgan fingerprint density at radius 3 is 2.58 bits per heavy atom. The third-order valence-electron chi connectivity index (χ3n) is 4.52. The third kappa shape index (κ3) is 2.11. The molecule has 1 atom stereocenters. The molecule has 1 aliphatic heterocycles. The van der Waals surface area contributed by atoms with E-state index in [0.29, 0.717) is 6.04 Å². The van der Waals surface area contributed by atoms with Crippen LogP contribution < -0.4 is 0 Å². The Labute approximate surface area is 148 Å². The zero-order valence-electron chi connectivity index (χ0n) is 11.2. The van der Waals surface area contributed by atoms with Gasteiger partial charge in [-0.2, -0.15) is 0 Å². The number of hydrogen-bond acceptors (Lipinski definition) is 1. The molecule has 0 bridgehead atoms. The summed E-state index contributed by atoms with van der Waals surface area (Å²) in [7, 11) is 2.26. The molecule has 0 spiro atoms. The summed E-state index contributed by atoms with van der Waals surface area (Å²) >= 11 is 0. The van der Waals surface area contributed by atoms with Crippen molar-refractivity contribution in [3.63, 3.8) is 0 Å². The summed E-state index contributed by atoms with van der Waals surface area (Å²) in [5.41, 5.74) is 7.56. The van der Waals surface area contributed by atoms with Gasteiger partial charge in [-0.25, -0.2) is 0 Å². The van der Waals surface area contributed by atoms with Crippen LogP contribution in [0.4, 0.5) is 0 Å². The molecule has 1 nitrogen and oxygen atoms in total. The second-order valence-corrected chi connectivity index (χ2v) is 5.49. The molecule has 0 aromatic heterocycles. The largest absolute Gasteiger partial charge is 0.299 e. The molecule has 1 heterocycles. The van der Waals surface area contributed by atoms with Gasteiger partial charge in [0.25, 0.3) is 0 Å². The molecule has 0 radical (unpaired) electrons. The van der Waals surface area contributed by atoms with Gasteiger partial charge in [0, 0.05) is 54.3 Å². The molecular formula is C17H17CeN. The second-order valence-electron chi connectivity index (χ2n) is 5.49. The van der Waals surface area contributed by atoms with E-state index in [1.165, 1.54) is 29.7 Å². The van der Waals surface area contributed by atoms with Gasteiger partial charge in [0.1, 0.15) is 0 Å². The van der Waals surface area contributed by atoms with Crippen LogP contribution in [0.1, 0.15) is 22.7 Å². The molecule has 94 valence electrons. The fourth-order valence-electron chi connectivity index (χ4n) is 3.56. The predicted molar refractivity (Wildman–Crippen MR) is 74.7 cm³/mol. The second kappa shape index (κ2) is 5.28. The van der Waals surface area contributed by atoms with Gasteiger partial charge in [-0.1, -0.05) is 42.5 Å². The van der Waals surface area contributed by atoms with Gasteiger partial charge in [-0.05, 0) is 47.7 Å². The standard InChI is InChI=1S/C17H17N.Ce/c1-18-10-9-12-6-4-8-15-14-7-3-2-5-13(14)11-16(18)17(12)15;/h2-8,16H,9-11H2,1H3;. The van der Waals surface area contributed by atoms with E-state index < -0.39 is 0 Å². The van der Waals surface area contributed by atoms with E-state index >= 15 is 0 Å². The summed E-state index contributed by atoms with van der Waals surface area (Å²) in [5.74, 6) is 0. The molecular weight excluding hydrogens is 358 g/mol. The molecule has 0 saturated heterocycles. The number of likely N-dealkylation sites (N-methyl/N-ethyl adjacent to an activating group) is 1. The molecule has 1 aliphatic carbocycles. The Morgan fingerprint density at radius 1 is 0.947 bits per heavy atom. The van der Waals surface area contributed by atoms with Crippen molar-refractivity contribution in [3.05, 3.63) is 59.2 Å². The summed E-state index contributed by atoms with van der Waals surface area (Å²) in [4.78, 5) is 2.52. The minimum Gasteiger partial charge on any atom is -0.299 e. The van der Waals surface area contributed by atoms with Crippen LogP contribution >= 0.6 is 0 Å². The zero-order chi connectivity index (χ0) is 12.1. The van der Waals surface area contributed by atoms with Gasteiger partial charge < -0.3 is 0 Å². The number of fused-ring (bicyclic) bond motifs is 2. The van der Waals surface area contributed by atoms with Crippen LogP contribution in [0.3, 0.4) is 0 Å². The van der Waals surface area contributed by atoms with Crippen molar-refractivity contribution >= 4 is 0 Å². The van der Waals surface area contributed by atoms with Crippen LogP contribution in [-0.4, -0.2) is 18.5 Å². The van der Waals surface area contributed by atoms with Crippen molar-refractivity contribution < 1.29 is 41.7 Å². The first-order chi connectivity index (χ1) is 8.84. The molecule has 0 saturated carbocycles. The summed E-state index contributed by atoms with van der Waals surface area (Å²) in [5, 5.41) is 0. The number of nitrogens with zero attached hydrogens (tertiary/aromatic N) is 1. The Morgan fingerprint density at radius 2 is 1.68 bits per heavy atom. The molecule has 2 aromatic rings. The van der Waals surface area contributed by atoms with Crippen LogP contribution in [0.2, 0.25) is 0 Å². The van der Waals surface area contributed by atoms with E-state index in [9.17, 15) is 0 Å². The molecule has 2 aliphatic rings. The van der Waals surface area contributed by atoms with Gasteiger partial charge in [0.2, 0.25) is 0 Å². The third-order valence-corrected chi connectivity index (χ3v) is 4.52. The van der Waals surface area contributed by atoms with Crippen molar-refractivity contribution in [1.29, 1.82) is 0 Å². The van der Waals surface area contributed by atoms with Crippen LogP contribution in [0, 0.1) is 41.7 Å². The Kier molecular flexibility index (Phi) is 3.82. The van der Waals surface area contributed by atoms with E-state index in [2.05, 4.69) is 54.4 Å². The van der Waals surface area contributed by atoms with Gasteiger partial charge in [0.05, 0.1) is 0 Å². The molecule has 1 unspecified atom stereocenters. The summed E-state index contributed by atoms with van der Waals surface area (Å²) < 4.78 is 0. The average Bonchev–Trinajstić information content (AvgIpc) is 2.43. The van der Waals surface area contributed by atoms with Crippen molar-refractivity contribution in [2.75, 3.05) is 13.6 Å². The normalized spacial score (nSPS) is 20.2. The fraction of sp³-hybridized carbons (Fsp3) is 0.294. The Bertz CT molecular complexity index is 620. The van der Waals surface area contributed by atoms with E-state index in [0.717, 1.165) is 6.42 Å². The first-order valence-electron chi connectivity index (χ1n) is 6.75. The predicted octanol–water partition coefficient (Wildman–Crippen LogP) is 3.44. The maximum absolute atomic E-state index is 2.52. The van der Waals surface area contributed by atoms with E-state index in [1.54, 1.807) is 11.1 Å². The molecule has 0 fully saturated rings. The van der Waals surface area contributed by atoms with Gasteiger partial charge >= 0.3 is 0 Å². The number of hydrogen-bond donors (Lipinski definition) is 0. The molecule has 19 heavy (non-hydrogen) atoms. The van der Waals surface area contributed by atoms with Crippen LogP contribution in [0.5, 0.6) is 0 Å². The first-order valence-corrected chi connectivity index (χ1v) is 6.75. The monoisotopic (exact) mass is 375 g/mol. The van der Waals surface area contributed by atoms with Crippen molar-refractivity contribution in [2.24, 2.45) is 0 Å². The van der Waals surface area contributed by atoms with Crippen LogP contribution in [0.15, 0.2) is 42.5 Å². The minimum absolute atomic E-state index is 0. The summed E-state index contributed by atoms with van der Waals surface area (Å²) in [6.45, 7) is 1.18. The fourth-order valence-corrected chi connectivity index (χ4v) is 3.56. The van der Waals surface area contributed by atoms with E-state index in [4.69, 9.17) is 0 Å². The van der Waals surface area contributed by atoms with Crippen molar-refractivity contribution in [2.45, 2.75) is 18.9 Å².